The van der Waals surface area contributed by atoms with E-state index in [0.717, 1.165) is 13.1 Å². The number of rotatable bonds is 3. The van der Waals surface area contributed by atoms with Crippen LogP contribution >= 0.6 is 0 Å². The first-order valence-electron chi connectivity index (χ1n) is 6.21. The molecule has 1 aromatic rings. The van der Waals surface area contributed by atoms with Gasteiger partial charge in [-0.2, -0.15) is 0 Å². The predicted octanol–water partition coefficient (Wildman–Crippen LogP) is 1.62. The van der Waals surface area contributed by atoms with E-state index in [2.05, 4.69) is 28.6 Å². The molecule has 3 heteroatoms. The van der Waals surface area contributed by atoms with E-state index in [0.29, 0.717) is 6.04 Å². The van der Waals surface area contributed by atoms with Crippen molar-refractivity contribution in [3.63, 3.8) is 0 Å². The number of nitrogens with one attached hydrogen (secondary N) is 2. The minimum Gasteiger partial charge on any atom is -0.317 e. The van der Waals surface area contributed by atoms with Gasteiger partial charge < -0.3 is 10.6 Å². The first-order chi connectivity index (χ1) is 7.86. The molecule has 1 atom stereocenters. The van der Waals surface area contributed by atoms with Gasteiger partial charge in [0, 0.05) is 18.8 Å². The Hall–Kier alpha value is -0.930. The van der Waals surface area contributed by atoms with Crippen molar-refractivity contribution >= 4 is 0 Å². The molecule has 0 amide bonds. The molecule has 1 aromatic heterocycles. The lowest BCUT2D eigenvalue weighted by Crippen LogP contribution is -2.30. The van der Waals surface area contributed by atoms with Crippen molar-refractivity contribution in [2.45, 2.75) is 38.8 Å². The van der Waals surface area contributed by atoms with Crippen LogP contribution < -0.4 is 10.6 Å². The molecule has 1 saturated heterocycles. The fraction of sp³-hybridized carbons (Fsp3) is 0.615. The van der Waals surface area contributed by atoms with Crippen molar-refractivity contribution in [2.75, 3.05) is 13.1 Å². The lowest BCUT2D eigenvalue weighted by Gasteiger charge is -2.16. The van der Waals surface area contributed by atoms with Gasteiger partial charge in [-0.15, -0.1) is 0 Å². The number of nitrogens with zero attached hydrogens (tertiary/aromatic N) is 1. The van der Waals surface area contributed by atoms with Crippen LogP contribution in [0.15, 0.2) is 18.3 Å². The Morgan fingerprint density at radius 1 is 1.44 bits per heavy atom. The summed E-state index contributed by atoms with van der Waals surface area (Å²) in [6, 6.07) is 4.77. The molecule has 0 saturated carbocycles. The summed E-state index contributed by atoms with van der Waals surface area (Å²) >= 11 is 0. The minimum absolute atomic E-state index is 0.649. The molecular weight excluding hydrogens is 198 g/mol. The number of hydrogen-bond donors (Lipinski definition) is 2. The highest BCUT2D eigenvalue weighted by molar-refractivity contribution is 5.17. The first kappa shape index (κ1) is 11.6. The molecule has 1 aliphatic rings. The van der Waals surface area contributed by atoms with Crippen LogP contribution in [0.2, 0.25) is 0 Å². The zero-order valence-corrected chi connectivity index (χ0v) is 10.00. The van der Waals surface area contributed by atoms with E-state index in [4.69, 9.17) is 0 Å². The van der Waals surface area contributed by atoms with E-state index in [-0.39, 0.29) is 0 Å². The monoisotopic (exact) mass is 219 g/mol. The minimum atomic E-state index is 0.649. The largest absolute Gasteiger partial charge is 0.317 e. The van der Waals surface area contributed by atoms with Gasteiger partial charge in [0.25, 0.3) is 0 Å². The Labute approximate surface area is 97.7 Å². The molecule has 88 valence electrons. The second-order valence-electron chi connectivity index (χ2n) is 4.53. The summed E-state index contributed by atoms with van der Waals surface area (Å²) in [5.41, 5.74) is 2.46. The number of pyridine rings is 1. The maximum Gasteiger partial charge on any atom is 0.0570 e. The highest BCUT2D eigenvalue weighted by Crippen LogP contribution is 2.08. The average molecular weight is 219 g/mol. The predicted molar refractivity (Wildman–Crippen MR) is 66.3 cm³/mol. The molecule has 2 heterocycles. The smallest absolute Gasteiger partial charge is 0.0570 e. The van der Waals surface area contributed by atoms with Crippen LogP contribution in [-0.2, 0) is 6.54 Å². The van der Waals surface area contributed by atoms with Gasteiger partial charge in [-0.25, -0.2) is 0 Å². The molecule has 0 spiro atoms. The molecule has 0 aliphatic carbocycles. The molecule has 1 unspecified atom stereocenters. The van der Waals surface area contributed by atoms with Gasteiger partial charge in [-0.05, 0) is 50.9 Å². The van der Waals surface area contributed by atoms with Crippen molar-refractivity contribution in [2.24, 2.45) is 0 Å². The number of aryl methyl sites for hydroxylation is 1. The Bertz CT molecular complexity index is 317. The van der Waals surface area contributed by atoms with E-state index >= 15 is 0 Å². The summed E-state index contributed by atoms with van der Waals surface area (Å²) in [5.74, 6) is 0. The highest BCUT2D eigenvalue weighted by Gasteiger charge is 2.11. The normalized spacial score (nSPS) is 21.7. The fourth-order valence-electron chi connectivity index (χ4n) is 2.17. The Balaban J connectivity index is 1.84. The highest BCUT2D eigenvalue weighted by atomic mass is 15.0. The van der Waals surface area contributed by atoms with Gasteiger partial charge in [-0.3, -0.25) is 4.98 Å². The van der Waals surface area contributed by atoms with Crippen LogP contribution in [0.5, 0.6) is 0 Å². The van der Waals surface area contributed by atoms with Gasteiger partial charge >= 0.3 is 0 Å². The summed E-state index contributed by atoms with van der Waals surface area (Å²) in [4.78, 5) is 4.41. The van der Waals surface area contributed by atoms with Gasteiger partial charge in [-0.1, -0.05) is 6.07 Å². The molecule has 1 aliphatic heterocycles. The molecule has 0 bridgehead atoms. The SMILES string of the molecule is Cc1cccnc1CNC1CCCNCC1. The van der Waals surface area contributed by atoms with E-state index in [1.54, 1.807) is 0 Å². The maximum absolute atomic E-state index is 4.41. The zero-order valence-electron chi connectivity index (χ0n) is 10.00. The summed E-state index contributed by atoms with van der Waals surface area (Å²) in [6.45, 7) is 5.33. The third kappa shape index (κ3) is 3.29. The lowest BCUT2D eigenvalue weighted by molar-refractivity contribution is 0.464. The van der Waals surface area contributed by atoms with Gasteiger partial charge in [0.15, 0.2) is 0 Å². The maximum atomic E-state index is 4.41. The van der Waals surface area contributed by atoms with Gasteiger partial charge in [0.05, 0.1) is 5.69 Å². The number of aromatic nitrogens is 1. The standard InChI is InChI=1S/C13H21N3/c1-11-4-2-8-15-13(11)10-16-12-5-3-7-14-9-6-12/h2,4,8,12,14,16H,3,5-7,9-10H2,1H3. The third-order valence-electron chi connectivity index (χ3n) is 3.25. The van der Waals surface area contributed by atoms with E-state index < -0.39 is 0 Å². The molecule has 0 aromatic carbocycles. The Kier molecular flexibility index (Phi) is 4.31. The van der Waals surface area contributed by atoms with Crippen LogP contribution in [0.1, 0.15) is 30.5 Å². The van der Waals surface area contributed by atoms with E-state index in [1.165, 1.54) is 37.1 Å². The molecule has 2 rings (SSSR count). The van der Waals surface area contributed by atoms with Crippen LogP contribution in [0.25, 0.3) is 0 Å². The summed E-state index contributed by atoms with van der Waals surface area (Å²) < 4.78 is 0. The topological polar surface area (TPSA) is 37.0 Å². The summed E-state index contributed by atoms with van der Waals surface area (Å²) in [6.07, 6.45) is 5.66. The number of hydrogen-bond acceptors (Lipinski definition) is 3. The molecule has 0 radical (unpaired) electrons. The molecule has 2 N–H and O–H groups in total. The van der Waals surface area contributed by atoms with Crippen molar-refractivity contribution in [1.82, 2.24) is 15.6 Å². The quantitative estimate of drug-likeness (QED) is 0.811. The lowest BCUT2D eigenvalue weighted by atomic mass is 10.1. The zero-order chi connectivity index (χ0) is 11.2. The van der Waals surface area contributed by atoms with Crippen LogP contribution in [0.4, 0.5) is 0 Å². The van der Waals surface area contributed by atoms with Crippen LogP contribution in [0.3, 0.4) is 0 Å². The molecule has 1 fully saturated rings. The van der Waals surface area contributed by atoms with Crippen LogP contribution in [-0.4, -0.2) is 24.1 Å². The van der Waals surface area contributed by atoms with Gasteiger partial charge in [0.2, 0.25) is 0 Å². The average Bonchev–Trinajstić information content (AvgIpc) is 2.56. The van der Waals surface area contributed by atoms with Crippen molar-refractivity contribution in [3.05, 3.63) is 29.6 Å². The van der Waals surface area contributed by atoms with E-state index in [9.17, 15) is 0 Å². The fourth-order valence-corrected chi connectivity index (χ4v) is 2.17. The van der Waals surface area contributed by atoms with Crippen molar-refractivity contribution in [3.8, 4) is 0 Å². The summed E-state index contributed by atoms with van der Waals surface area (Å²) in [5, 5.41) is 7.05. The first-order valence-corrected chi connectivity index (χ1v) is 6.21. The molecule has 16 heavy (non-hydrogen) atoms. The second-order valence-corrected chi connectivity index (χ2v) is 4.53. The van der Waals surface area contributed by atoms with Crippen molar-refractivity contribution in [1.29, 1.82) is 0 Å². The Morgan fingerprint density at radius 2 is 2.38 bits per heavy atom. The second kappa shape index (κ2) is 5.97. The Morgan fingerprint density at radius 3 is 3.25 bits per heavy atom. The third-order valence-corrected chi connectivity index (χ3v) is 3.25. The van der Waals surface area contributed by atoms with Gasteiger partial charge in [0.1, 0.15) is 0 Å². The van der Waals surface area contributed by atoms with Crippen molar-refractivity contribution < 1.29 is 0 Å². The summed E-state index contributed by atoms with van der Waals surface area (Å²) in [7, 11) is 0. The molecule has 3 nitrogen and oxygen atoms in total. The van der Waals surface area contributed by atoms with E-state index in [1.807, 2.05) is 12.3 Å². The molecular formula is C13H21N3. The van der Waals surface area contributed by atoms with Crippen LogP contribution in [0, 0.1) is 6.92 Å².